The summed E-state index contributed by atoms with van der Waals surface area (Å²) in [5.41, 5.74) is -0.367. The quantitative estimate of drug-likeness (QED) is 0.782. The van der Waals surface area contributed by atoms with Crippen molar-refractivity contribution in [2.24, 2.45) is 5.41 Å². The summed E-state index contributed by atoms with van der Waals surface area (Å²) in [5.74, 6) is -0.870. The average molecular weight is 329 g/mol. The predicted octanol–water partition coefficient (Wildman–Crippen LogP) is 1.53. The number of carbonyl (C=O) groups excluding carboxylic acids is 1. The number of halogens is 1. The lowest BCUT2D eigenvalue weighted by Crippen LogP contribution is -2.46. The first-order valence-corrected chi connectivity index (χ1v) is 8.88. The van der Waals surface area contributed by atoms with Crippen LogP contribution in [0.4, 0.5) is 15.8 Å². The Balaban J connectivity index is 2.16. The molecule has 1 heterocycles. The van der Waals surface area contributed by atoms with Crippen LogP contribution >= 0.6 is 0 Å². The van der Waals surface area contributed by atoms with Gasteiger partial charge in [0, 0.05) is 12.2 Å². The second-order valence-corrected chi connectivity index (χ2v) is 7.61. The Morgan fingerprint density at radius 3 is 2.73 bits per heavy atom. The lowest BCUT2D eigenvalue weighted by atomic mass is 9.82. The van der Waals surface area contributed by atoms with Crippen LogP contribution in [0.2, 0.25) is 0 Å². The number of amides is 1. The molecule has 1 aromatic rings. The van der Waals surface area contributed by atoms with Crippen LogP contribution in [0.15, 0.2) is 18.2 Å². The molecule has 22 heavy (non-hydrogen) atoms. The number of sulfonamides is 1. The van der Waals surface area contributed by atoms with Gasteiger partial charge in [-0.3, -0.25) is 9.52 Å². The molecule has 0 aromatic heterocycles. The normalized spacial score (nSPS) is 22.1. The summed E-state index contributed by atoms with van der Waals surface area (Å²) < 4.78 is 38.1. The van der Waals surface area contributed by atoms with Crippen molar-refractivity contribution in [3.63, 3.8) is 0 Å². The zero-order valence-corrected chi connectivity index (χ0v) is 13.4. The molecule has 1 amide bonds. The zero-order valence-electron chi connectivity index (χ0n) is 12.6. The molecule has 1 aliphatic heterocycles. The summed E-state index contributed by atoms with van der Waals surface area (Å²) in [5, 5.41) is 5.91. The highest BCUT2D eigenvalue weighted by atomic mass is 32.2. The molecule has 122 valence electrons. The standard InChI is InChI=1S/C14H20FN3O3S/c1-14(6-3-7-16-9-14)13(19)17-10-4-5-11(15)12(8-10)18-22(2,20)21/h4-5,8,16,18H,3,6-7,9H2,1-2H3,(H,17,19). The number of benzene rings is 1. The van der Waals surface area contributed by atoms with Crippen molar-refractivity contribution < 1.29 is 17.6 Å². The molecule has 1 atom stereocenters. The van der Waals surface area contributed by atoms with Gasteiger partial charge in [0.2, 0.25) is 15.9 Å². The van der Waals surface area contributed by atoms with E-state index in [0.717, 1.165) is 31.7 Å². The summed E-state index contributed by atoms with van der Waals surface area (Å²) in [6, 6.07) is 3.79. The van der Waals surface area contributed by atoms with Crippen molar-refractivity contribution in [1.29, 1.82) is 0 Å². The Labute approximate surface area is 129 Å². The largest absolute Gasteiger partial charge is 0.325 e. The molecule has 0 spiro atoms. The van der Waals surface area contributed by atoms with Gasteiger partial charge in [-0.15, -0.1) is 0 Å². The molecular weight excluding hydrogens is 309 g/mol. The van der Waals surface area contributed by atoms with Gasteiger partial charge in [-0.05, 0) is 44.5 Å². The van der Waals surface area contributed by atoms with Crippen LogP contribution in [0.1, 0.15) is 19.8 Å². The molecule has 1 unspecified atom stereocenters. The predicted molar refractivity (Wildman–Crippen MR) is 83.7 cm³/mol. The maximum Gasteiger partial charge on any atom is 0.231 e. The molecule has 1 saturated heterocycles. The van der Waals surface area contributed by atoms with Gasteiger partial charge in [-0.2, -0.15) is 0 Å². The monoisotopic (exact) mass is 329 g/mol. The lowest BCUT2D eigenvalue weighted by Gasteiger charge is -2.32. The highest BCUT2D eigenvalue weighted by molar-refractivity contribution is 7.92. The Hall–Kier alpha value is -1.67. The van der Waals surface area contributed by atoms with Crippen molar-refractivity contribution in [3.8, 4) is 0 Å². The van der Waals surface area contributed by atoms with Gasteiger partial charge >= 0.3 is 0 Å². The van der Waals surface area contributed by atoms with Crippen LogP contribution in [0.25, 0.3) is 0 Å². The average Bonchev–Trinajstić information content (AvgIpc) is 2.42. The SMILES string of the molecule is CC1(C(=O)Nc2ccc(F)c(NS(C)(=O)=O)c2)CCCNC1. The second kappa shape index (κ2) is 6.21. The van der Waals surface area contributed by atoms with Crippen LogP contribution in [-0.4, -0.2) is 33.7 Å². The van der Waals surface area contributed by atoms with E-state index in [1.54, 1.807) is 0 Å². The maximum atomic E-state index is 13.6. The number of hydrogen-bond acceptors (Lipinski definition) is 4. The molecule has 0 aliphatic carbocycles. The number of anilines is 2. The highest BCUT2D eigenvalue weighted by Gasteiger charge is 2.34. The first-order valence-electron chi connectivity index (χ1n) is 6.99. The molecule has 1 fully saturated rings. The molecule has 0 saturated carbocycles. The molecular formula is C14H20FN3O3S. The third kappa shape index (κ3) is 4.17. The minimum Gasteiger partial charge on any atom is -0.325 e. The van der Waals surface area contributed by atoms with Crippen LogP contribution < -0.4 is 15.4 Å². The smallest absolute Gasteiger partial charge is 0.231 e. The minimum atomic E-state index is -3.59. The molecule has 0 bridgehead atoms. The molecule has 3 N–H and O–H groups in total. The van der Waals surface area contributed by atoms with Gasteiger partial charge in [0.15, 0.2) is 0 Å². The van der Waals surface area contributed by atoms with Gasteiger partial charge in [0.25, 0.3) is 0 Å². The number of hydrogen-bond donors (Lipinski definition) is 3. The number of rotatable bonds is 4. The summed E-state index contributed by atoms with van der Waals surface area (Å²) in [7, 11) is -3.59. The zero-order chi connectivity index (χ0) is 16.4. The third-order valence-corrected chi connectivity index (χ3v) is 4.26. The molecule has 1 aliphatic rings. The van der Waals surface area contributed by atoms with Crippen LogP contribution in [0.5, 0.6) is 0 Å². The van der Waals surface area contributed by atoms with E-state index in [9.17, 15) is 17.6 Å². The van der Waals surface area contributed by atoms with E-state index >= 15 is 0 Å². The van der Waals surface area contributed by atoms with Crippen molar-refractivity contribution in [1.82, 2.24) is 5.32 Å². The minimum absolute atomic E-state index is 0.170. The van der Waals surface area contributed by atoms with E-state index in [2.05, 4.69) is 15.4 Å². The summed E-state index contributed by atoms with van der Waals surface area (Å²) in [6.45, 7) is 3.34. The van der Waals surface area contributed by atoms with Crippen molar-refractivity contribution in [3.05, 3.63) is 24.0 Å². The Morgan fingerprint density at radius 1 is 1.41 bits per heavy atom. The molecule has 8 heteroatoms. The van der Waals surface area contributed by atoms with Gasteiger partial charge in [-0.1, -0.05) is 0 Å². The second-order valence-electron chi connectivity index (χ2n) is 5.86. The molecule has 1 aromatic carbocycles. The van der Waals surface area contributed by atoms with Crippen LogP contribution in [-0.2, 0) is 14.8 Å². The summed E-state index contributed by atoms with van der Waals surface area (Å²) >= 11 is 0. The van der Waals surface area contributed by atoms with E-state index in [-0.39, 0.29) is 11.6 Å². The summed E-state index contributed by atoms with van der Waals surface area (Å²) in [6.07, 6.45) is 2.61. The van der Waals surface area contributed by atoms with Gasteiger partial charge < -0.3 is 10.6 Å². The van der Waals surface area contributed by atoms with Crippen LogP contribution in [0.3, 0.4) is 0 Å². The Bertz CT molecular complexity index is 670. The molecule has 6 nitrogen and oxygen atoms in total. The third-order valence-electron chi connectivity index (χ3n) is 3.67. The van der Waals surface area contributed by atoms with Gasteiger partial charge in [0.1, 0.15) is 5.82 Å². The van der Waals surface area contributed by atoms with Crippen molar-refractivity contribution >= 4 is 27.3 Å². The van der Waals surface area contributed by atoms with Crippen molar-refractivity contribution in [2.45, 2.75) is 19.8 Å². The highest BCUT2D eigenvalue weighted by Crippen LogP contribution is 2.28. The Morgan fingerprint density at radius 2 is 2.14 bits per heavy atom. The summed E-state index contributed by atoms with van der Waals surface area (Å²) in [4.78, 5) is 12.4. The maximum absolute atomic E-state index is 13.6. The molecule has 0 radical (unpaired) electrons. The van der Waals surface area contributed by atoms with Crippen LogP contribution in [0, 0.1) is 11.2 Å². The fraction of sp³-hybridized carbons (Fsp3) is 0.500. The first-order chi connectivity index (χ1) is 10.2. The fourth-order valence-electron chi connectivity index (χ4n) is 2.41. The first kappa shape index (κ1) is 16.7. The van der Waals surface area contributed by atoms with Gasteiger partial charge in [0.05, 0.1) is 17.4 Å². The van der Waals surface area contributed by atoms with E-state index in [4.69, 9.17) is 0 Å². The Kier molecular flexibility index (Phi) is 4.72. The van der Waals surface area contributed by atoms with Crippen molar-refractivity contribution in [2.75, 3.05) is 29.4 Å². The lowest BCUT2D eigenvalue weighted by molar-refractivity contribution is -0.125. The van der Waals surface area contributed by atoms with E-state index in [1.165, 1.54) is 12.1 Å². The number of piperidine rings is 1. The van der Waals surface area contributed by atoms with E-state index in [1.807, 2.05) is 6.92 Å². The number of nitrogens with one attached hydrogen (secondary N) is 3. The molecule has 2 rings (SSSR count). The number of carbonyl (C=O) groups is 1. The fourth-order valence-corrected chi connectivity index (χ4v) is 2.97. The van der Waals surface area contributed by atoms with E-state index < -0.39 is 21.3 Å². The topological polar surface area (TPSA) is 87.3 Å². The van der Waals surface area contributed by atoms with E-state index in [0.29, 0.717) is 12.2 Å². The van der Waals surface area contributed by atoms with Gasteiger partial charge in [-0.25, -0.2) is 12.8 Å².